The fraction of sp³-hybridized carbons (Fsp3) is 0.368. The quantitative estimate of drug-likeness (QED) is 0.654. The van der Waals surface area contributed by atoms with Gasteiger partial charge in [-0.2, -0.15) is 5.10 Å². The van der Waals surface area contributed by atoms with E-state index < -0.39 is 0 Å². The highest BCUT2D eigenvalue weighted by molar-refractivity contribution is 7.17. The van der Waals surface area contributed by atoms with Gasteiger partial charge in [0.2, 0.25) is 0 Å². The van der Waals surface area contributed by atoms with Gasteiger partial charge in [0.15, 0.2) is 10.8 Å². The summed E-state index contributed by atoms with van der Waals surface area (Å²) in [6.07, 6.45) is 3.33. The van der Waals surface area contributed by atoms with E-state index in [1.165, 1.54) is 17.7 Å². The Morgan fingerprint density at radius 3 is 2.74 bits per heavy atom. The van der Waals surface area contributed by atoms with Gasteiger partial charge < -0.3 is 10.0 Å². The standard InChI is InChI=1S/C19H21N5O2S/c1-13-15(27-17(22-13)16-20-12-21-23-16)18(26)24(10-19(11-25)7-8-19)9-14-5-3-2-4-6-14/h2-6,12,25H,7-11H2,1H3,(H,20,21,23). The molecule has 0 saturated heterocycles. The molecule has 1 amide bonds. The molecule has 140 valence electrons. The molecule has 0 bridgehead atoms. The Labute approximate surface area is 161 Å². The van der Waals surface area contributed by atoms with Crippen molar-refractivity contribution in [2.75, 3.05) is 13.2 Å². The van der Waals surface area contributed by atoms with Gasteiger partial charge in [0.1, 0.15) is 11.2 Å². The number of nitrogens with zero attached hydrogens (tertiary/aromatic N) is 4. The molecule has 1 fully saturated rings. The minimum absolute atomic E-state index is 0.0562. The van der Waals surface area contributed by atoms with Crippen LogP contribution in [0.3, 0.4) is 0 Å². The first kappa shape index (κ1) is 17.8. The highest BCUT2D eigenvalue weighted by Gasteiger charge is 2.44. The molecule has 8 heteroatoms. The molecule has 2 aromatic heterocycles. The van der Waals surface area contributed by atoms with Gasteiger partial charge in [-0.1, -0.05) is 30.3 Å². The van der Waals surface area contributed by atoms with Crippen LogP contribution in [0.2, 0.25) is 0 Å². The number of aromatic nitrogens is 4. The molecular weight excluding hydrogens is 362 g/mol. The molecule has 0 atom stereocenters. The third kappa shape index (κ3) is 3.77. The molecule has 1 aliphatic rings. The smallest absolute Gasteiger partial charge is 0.266 e. The summed E-state index contributed by atoms with van der Waals surface area (Å²) in [5.74, 6) is 0.505. The lowest BCUT2D eigenvalue weighted by molar-refractivity contribution is 0.0669. The molecule has 0 aliphatic heterocycles. The van der Waals surface area contributed by atoms with E-state index in [0.717, 1.165) is 18.4 Å². The van der Waals surface area contributed by atoms with Crippen LogP contribution < -0.4 is 0 Å². The number of aryl methyl sites for hydroxylation is 1. The summed E-state index contributed by atoms with van der Waals surface area (Å²) in [6, 6.07) is 9.92. The minimum atomic E-state index is -0.156. The Hall–Kier alpha value is -2.58. The number of amides is 1. The van der Waals surface area contributed by atoms with E-state index >= 15 is 0 Å². The van der Waals surface area contributed by atoms with Crippen molar-refractivity contribution in [1.82, 2.24) is 25.1 Å². The second kappa shape index (κ2) is 7.21. The predicted molar refractivity (Wildman–Crippen MR) is 102 cm³/mol. The summed E-state index contributed by atoms with van der Waals surface area (Å²) >= 11 is 1.32. The zero-order chi connectivity index (χ0) is 18.9. The van der Waals surface area contributed by atoms with Gasteiger partial charge in [-0.05, 0) is 25.3 Å². The molecule has 2 N–H and O–H groups in total. The van der Waals surface area contributed by atoms with Crippen molar-refractivity contribution >= 4 is 17.2 Å². The van der Waals surface area contributed by atoms with E-state index in [-0.39, 0.29) is 17.9 Å². The highest BCUT2D eigenvalue weighted by Crippen LogP contribution is 2.46. The van der Waals surface area contributed by atoms with E-state index in [4.69, 9.17) is 0 Å². The Balaban J connectivity index is 1.62. The topological polar surface area (TPSA) is 95.0 Å². The van der Waals surface area contributed by atoms with Crippen LogP contribution in [0.1, 0.15) is 33.8 Å². The Bertz CT molecular complexity index is 919. The van der Waals surface area contributed by atoms with Crippen LogP contribution in [0.5, 0.6) is 0 Å². The summed E-state index contributed by atoms with van der Waals surface area (Å²) in [5.41, 5.74) is 1.59. The molecular formula is C19H21N5O2S. The Morgan fingerprint density at radius 1 is 1.33 bits per heavy atom. The third-order valence-corrected chi connectivity index (χ3v) is 6.08. The van der Waals surface area contributed by atoms with Gasteiger partial charge in [-0.15, -0.1) is 11.3 Å². The Morgan fingerprint density at radius 2 is 2.11 bits per heavy atom. The molecule has 0 unspecified atom stereocenters. The molecule has 7 nitrogen and oxygen atoms in total. The SMILES string of the molecule is Cc1nc(-c2ncn[nH]2)sc1C(=O)N(Cc1ccccc1)CC1(CO)CC1. The number of nitrogens with one attached hydrogen (secondary N) is 1. The van der Waals surface area contributed by atoms with Gasteiger partial charge in [0.25, 0.3) is 5.91 Å². The lowest BCUT2D eigenvalue weighted by atomic mass is 10.1. The van der Waals surface area contributed by atoms with Crippen molar-refractivity contribution in [3.63, 3.8) is 0 Å². The van der Waals surface area contributed by atoms with E-state index in [1.807, 2.05) is 42.2 Å². The van der Waals surface area contributed by atoms with Crippen LogP contribution in [0, 0.1) is 12.3 Å². The second-order valence-electron chi connectivity index (χ2n) is 7.07. The number of carbonyl (C=O) groups excluding carboxylic acids is 1. The van der Waals surface area contributed by atoms with Gasteiger partial charge in [0, 0.05) is 18.5 Å². The predicted octanol–water partition coefficient (Wildman–Crippen LogP) is 2.65. The number of aliphatic hydroxyl groups excluding tert-OH is 1. The number of aromatic amines is 1. The second-order valence-corrected chi connectivity index (χ2v) is 8.07. The van der Waals surface area contributed by atoms with Crippen LogP contribution >= 0.6 is 11.3 Å². The summed E-state index contributed by atoms with van der Waals surface area (Å²) in [5, 5.41) is 17.0. The maximum atomic E-state index is 13.3. The summed E-state index contributed by atoms with van der Waals surface area (Å²) < 4.78 is 0. The van der Waals surface area contributed by atoms with Gasteiger partial charge in [-0.25, -0.2) is 9.97 Å². The lowest BCUT2D eigenvalue weighted by Crippen LogP contribution is -2.36. The van der Waals surface area contributed by atoms with Crippen LogP contribution in [0.4, 0.5) is 0 Å². The molecule has 4 rings (SSSR count). The first-order chi connectivity index (χ1) is 13.1. The first-order valence-corrected chi connectivity index (χ1v) is 9.69. The third-order valence-electron chi connectivity index (χ3n) is 4.93. The van der Waals surface area contributed by atoms with Crippen LogP contribution in [-0.2, 0) is 6.54 Å². The van der Waals surface area contributed by atoms with Gasteiger partial charge >= 0.3 is 0 Å². The average Bonchev–Trinajstić information content (AvgIpc) is 3.07. The first-order valence-electron chi connectivity index (χ1n) is 8.87. The highest BCUT2D eigenvalue weighted by atomic mass is 32.1. The van der Waals surface area contributed by atoms with E-state index in [0.29, 0.717) is 34.5 Å². The molecule has 0 radical (unpaired) electrons. The van der Waals surface area contributed by atoms with E-state index in [2.05, 4.69) is 20.2 Å². The number of rotatable bonds is 7. The maximum Gasteiger partial charge on any atom is 0.266 e. The monoisotopic (exact) mass is 383 g/mol. The van der Waals surface area contributed by atoms with Gasteiger partial charge in [-0.3, -0.25) is 9.89 Å². The summed E-state index contributed by atoms with van der Waals surface area (Å²) in [7, 11) is 0. The van der Waals surface area contributed by atoms with Gasteiger partial charge in [0.05, 0.1) is 12.3 Å². The molecule has 1 aromatic carbocycles. The Kier molecular flexibility index (Phi) is 4.75. The van der Waals surface area contributed by atoms with Crippen LogP contribution in [-0.4, -0.2) is 49.2 Å². The molecule has 0 spiro atoms. The fourth-order valence-corrected chi connectivity index (χ4v) is 4.08. The van der Waals surface area contributed by atoms with E-state index in [1.54, 1.807) is 0 Å². The molecule has 1 aliphatic carbocycles. The van der Waals surface area contributed by atoms with Crippen molar-refractivity contribution in [2.45, 2.75) is 26.3 Å². The van der Waals surface area contributed by atoms with Crippen LogP contribution in [0.25, 0.3) is 10.8 Å². The van der Waals surface area contributed by atoms with Crippen molar-refractivity contribution in [2.24, 2.45) is 5.41 Å². The fourth-order valence-electron chi connectivity index (χ4n) is 3.10. The number of H-pyrrole nitrogens is 1. The van der Waals surface area contributed by atoms with Crippen LogP contribution in [0.15, 0.2) is 36.7 Å². The maximum absolute atomic E-state index is 13.3. The largest absolute Gasteiger partial charge is 0.396 e. The minimum Gasteiger partial charge on any atom is -0.396 e. The summed E-state index contributed by atoms with van der Waals surface area (Å²) in [4.78, 5) is 24.4. The number of carbonyl (C=O) groups is 1. The van der Waals surface area contributed by atoms with Crippen molar-refractivity contribution in [1.29, 1.82) is 0 Å². The number of aliphatic hydroxyl groups is 1. The van der Waals surface area contributed by atoms with Crippen molar-refractivity contribution in [3.8, 4) is 10.8 Å². The van der Waals surface area contributed by atoms with E-state index in [9.17, 15) is 9.90 Å². The normalized spacial score (nSPS) is 14.9. The molecule has 2 heterocycles. The number of hydrogen-bond donors (Lipinski definition) is 2. The number of hydrogen-bond acceptors (Lipinski definition) is 6. The van der Waals surface area contributed by atoms with Crippen molar-refractivity contribution in [3.05, 3.63) is 52.8 Å². The summed E-state index contributed by atoms with van der Waals surface area (Å²) in [6.45, 7) is 3.00. The average molecular weight is 383 g/mol. The van der Waals surface area contributed by atoms with Crippen molar-refractivity contribution < 1.29 is 9.90 Å². The molecule has 3 aromatic rings. The molecule has 1 saturated carbocycles. The number of benzene rings is 1. The lowest BCUT2D eigenvalue weighted by Gasteiger charge is -2.26. The zero-order valence-corrected chi connectivity index (χ0v) is 15.9. The zero-order valence-electron chi connectivity index (χ0n) is 15.1. The number of thiazole rings is 1. The molecule has 27 heavy (non-hydrogen) atoms.